The van der Waals surface area contributed by atoms with E-state index in [9.17, 15) is 10.2 Å². The molecule has 0 fully saturated rings. The maximum Gasteiger partial charge on any atom is 0.115 e. The quantitative estimate of drug-likeness (QED) is 0.734. The molecule has 0 bridgehead atoms. The van der Waals surface area contributed by atoms with Gasteiger partial charge in [-0.3, -0.25) is 0 Å². The number of hydrogen-bond donors (Lipinski definition) is 2. The van der Waals surface area contributed by atoms with Gasteiger partial charge in [0, 0.05) is 6.20 Å². The summed E-state index contributed by atoms with van der Waals surface area (Å²) in [6.07, 6.45) is 2.92. The molecule has 2 N–H and O–H groups in total. The molecular weight excluding hydrogens is 290 g/mol. The van der Waals surface area contributed by atoms with Gasteiger partial charge in [-0.25, -0.2) is 4.68 Å². The molecule has 5 heteroatoms. The average molecular weight is 309 g/mol. The highest BCUT2D eigenvalue weighted by Crippen LogP contribution is 2.18. The molecule has 0 aliphatic rings. The van der Waals surface area contributed by atoms with Crippen molar-refractivity contribution in [3.05, 3.63) is 77.6 Å². The van der Waals surface area contributed by atoms with E-state index in [0.717, 1.165) is 24.1 Å². The van der Waals surface area contributed by atoms with Gasteiger partial charge in [0.25, 0.3) is 0 Å². The van der Waals surface area contributed by atoms with Crippen molar-refractivity contribution < 1.29 is 10.2 Å². The zero-order valence-electron chi connectivity index (χ0n) is 12.7. The highest BCUT2D eigenvalue weighted by molar-refractivity contribution is 5.27. The fraction of sp³-hybridized carbons (Fsp3) is 0.222. The molecule has 0 saturated carbocycles. The van der Waals surface area contributed by atoms with Crippen LogP contribution < -0.4 is 0 Å². The van der Waals surface area contributed by atoms with Crippen molar-refractivity contribution in [3.63, 3.8) is 0 Å². The van der Waals surface area contributed by atoms with Crippen LogP contribution in [0.4, 0.5) is 0 Å². The summed E-state index contributed by atoms with van der Waals surface area (Å²) in [7, 11) is 0. The topological polar surface area (TPSA) is 71.2 Å². The largest absolute Gasteiger partial charge is 0.508 e. The van der Waals surface area contributed by atoms with Crippen molar-refractivity contribution in [1.29, 1.82) is 0 Å². The second-order valence-corrected chi connectivity index (χ2v) is 5.52. The first-order valence-electron chi connectivity index (χ1n) is 7.60. The van der Waals surface area contributed by atoms with E-state index in [4.69, 9.17) is 0 Å². The van der Waals surface area contributed by atoms with Crippen molar-refractivity contribution in [3.8, 4) is 5.75 Å². The van der Waals surface area contributed by atoms with Crippen LogP contribution in [0.25, 0.3) is 0 Å². The molecule has 1 heterocycles. The lowest BCUT2D eigenvalue weighted by atomic mass is 10.1. The van der Waals surface area contributed by atoms with Crippen LogP contribution in [-0.4, -0.2) is 25.2 Å². The third-order valence-electron chi connectivity index (χ3n) is 3.74. The lowest BCUT2D eigenvalue weighted by molar-refractivity contribution is 0.150. The van der Waals surface area contributed by atoms with E-state index >= 15 is 0 Å². The Bertz CT molecular complexity index is 738. The van der Waals surface area contributed by atoms with Crippen molar-refractivity contribution in [2.45, 2.75) is 25.5 Å². The number of aromatic hydroxyl groups is 1. The van der Waals surface area contributed by atoms with Gasteiger partial charge in [0.05, 0.1) is 18.3 Å². The van der Waals surface area contributed by atoms with Crippen LogP contribution in [-0.2, 0) is 19.4 Å². The predicted octanol–water partition coefficient (Wildman–Crippen LogP) is 2.50. The number of phenolic OH excluding ortho intramolecular Hbond substituents is 1. The molecule has 1 atom stereocenters. The van der Waals surface area contributed by atoms with Gasteiger partial charge in [0.15, 0.2) is 0 Å². The smallest absolute Gasteiger partial charge is 0.115 e. The number of rotatable bonds is 6. The fourth-order valence-corrected chi connectivity index (χ4v) is 2.44. The Morgan fingerprint density at radius 2 is 1.70 bits per heavy atom. The minimum Gasteiger partial charge on any atom is -0.508 e. The van der Waals surface area contributed by atoms with Gasteiger partial charge in [0.2, 0.25) is 0 Å². The van der Waals surface area contributed by atoms with Gasteiger partial charge in [-0.05, 0) is 36.1 Å². The van der Waals surface area contributed by atoms with Crippen molar-refractivity contribution in [2.75, 3.05) is 0 Å². The lowest BCUT2D eigenvalue weighted by Crippen LogP contribution is -2.09. The van der Waals surface area contributed by atoms with Crippen LogP contribution in [0.1, 0.15) is 22.9 Å². The Balaban J connectivity index is 1.57. The summed E-state index contributed by atoms with van der Waals surface area (Å²) in [4.78, 5) is 0. The highest BCUT2D eigenvalue weighted by Gasteiger charge is 2.10. The van der Waals surface area contributed by atoms with Crippen molar-refractivity contribution in [1.82, 2.24) is 15.0 Å². The zero-order chi connectivity index (χ0) is 16.1. The summed E-state index contributed by atoms with van der Waals surface area (Å²) in [5, 5.41) is 27.7. The molecule has 1 aromatic heterocycles. The summed E-state index contributed by atoms with van der Waals surface area (Å²) < 4.78 is 1.65. The molecular formula is C18H19N3O2. The van der Waals surface area contributed by atoms with Gasteiger partial charge in [0.1, 0.15) is 5.75 Å². The number of hydrogen-bond acceptors (Lipinski definition) is 4. The molecule has 0 aliphatic carbocycles. The molecule has 0 aliphatic heterocycles. The molecule has 0 saturated heterocycles. The molecule has 3 rings (SSSR count). The second-order valence-electron chi connectivity index (χ2n) is 5.52. The van der Waals surface area contributed by atoms with E-state index in [1.807, 2.05) is 24.4 Å². The van der Waals surface area contributed by atoms with E-state index in [1.165, 1.54) is 5.56 Å². The molecule has 5 nitrogen and oxygen atoms in total. The molecule has 2 aromatic carbocycles. The van der Waals surface area contributed by atoms with E-state index in [1.54, 1.807) is 28.9 Å². The molecule has 0 radical (unpaired) electrons. The summed E-state index contributed by atoms with van der Waals surface area (Å²) in [6.45, 7) is 0.336. The Hall–Kier alpha value is -2.66. The van der Waals surface area contributed by atoms with E-state index in [0.29, 0.717) is 6.54 Å². The minimum atomic E-state index is -0.681. The third-order valence-corrected chi connectivity index (χ3v) is 3.74. The lowest BCUT2D eigenvalue weighted by Gasteiger charge is -2.10. The van der Waals surface area contributed by atoms with E-state index < -0.39 is 6.10 Å². The normalized spacial score (nSPS) is 12.2. The number of aromatic nitrogens is 3. The Labute approximate surface area is 134 Å². The van der Waals surface area contributed by atoms with Crippen LogP contribution in [0.3, 0.4) is 0 Å². The van der Waals surface area contributed by atoms with Gasteiger partial charge in [-0.2, -0.15) is 0 Å². The van der Waals surface area contributed by atoms with Crippen molar-refractivity contribution >= 4 is 0 Å². The Kier molecular flexibility index (Phi) is 4.68. The molecule has 3 aromatic rings. The van der Waals surface area contributed by atoms with Gasteiger partial charge >= 0.3 is 0 Å². The second kappa shape index (κ2) is 7.07. The van der Waals surface area contributed by atoms with E-state index in [-0.39, 0.29) is 5.75 Å². The first-order valence-corrected chi connectivity index (χ1v) is 7.60. The summed E-state index contributed by atoms with van der Waals surface area (Å²) in [5.74, 6) is 0.185. The molecule has 23 heavy (non-hydrogen) atoms. The van der Waals surface area contributed by atoms with Gasteiger partial charge in [-0.1, -0.05) is 47.7 Å². The highest BCUT2D eigenvalue weighted by atomic mass is 16.3. The van der Waals surface area contributed by atoms with Gasteiger partial charge in [-0.15, -0.1) is 5.10 Å². The van der Waals surface area contributed by atoms with Crippen LogP contribution in [0.5, 0.6) is 5.75 Å². The molecule has 0 amide bonds. The maximum atomic E-state index is 10.2. The predicted molar refractivity (Wildman–Crippen MR) is 86.9 cm³/mol. The van der Waals surface area contributed by atoms with Crippen molar-refractivity contribution in [2.24, 2.45) is 0 Å². The summed E-state index contributed by atoms with van der Waals surface area (Å²) in [6, 6.07) is 16.8. The number of aryl methyl sites for hydroxylation is 2. The summed E-state index contributed by atoms with van der Waals surface area (Å²) >= 11 is 0. The average Bonchev–Trinajstić information content (AvgIpc) is 3.02. The first kappa shape index (κ1) is 15.2. The standard InChI is InChI=1S/C18H19N3O2/c22-17-10-7-15(8-11-17)18(23)13-21-12-16(19-20-21)9-6-14-4-2-1-3-5-14/h1-5,7-8,10-12,18,22-23H,6,9,13H2/t18-/m1/s1. The number of aliphatic hydroxyl groups excluding tert-OH is 1. The first-order chi connectivity index (χ1) is 11.2. The van der Waals surface area contributed by atoms with Crippen LogP contribution >= 0.6 is 0 Å². The molecule has 0 spiro atoms. The third kappa shape index (κ3) is 4.17. The Morgan fingerprint density at radius 1 is 0.957 bits per heavy atom. The molecule has 118 valence electrons. The maximum absolute atomic E-state index is 10.2. The van der Waals surface area contributed by atoms with Crippen LogP contribution in [0.15, 0.2) is 60.8 Å². The summed E-state index contributed by atoms with van der Waals surface area (Å²) in [5.41, 5.74) is 2.92. The number of phenols is 1. The van der Waals surface area contributed by atoms with Crippen LogP contribution in [0.2, 0.25) is 0 Å². The zero-order valence-corrected chi connectivity index (χ0v) is 12.7. The SMILES string of the molecule is Oc1ccc([C@H](O)Cn2cc(CCc3ccccc3)nn2)cc1. The number of benzene rings is 2. The monoisotopic (exact) mass is 309 g/mol. The number of aliphatic hydroxyl groups is 1. The van der Waals surface area contributed by atoms with Crippen LogP contribution in [0, 0.1) is 0 Å². The van der Waals surface area contributed by atoms with Gasteiger partial charge < -0.3 is 10.2 Å². The Morgan fingerprint density at radius 3 is 2.43 bits per heavy atom. The minimum absolute atomic E-state index is 0.185. The number of nitrogens with zero attached hydrogens (tertiary/aromatic N) is 3. The fourth-order valence-electron chi connectivity index (χ4n) is 2.44. The molecule has 0 unspecified atom stereocenters. The van der Waals surface area contributed by atoms with E-state index in [2.05, 4.69) is 22.4 Å².